The molecule has 1 fully saturated rings. The molecule has 0 radical (unpaired) electrons. The van der Waals surface area contributed by atoms with Crippen molar-refractivity contribution < 1.29 is 23.8 Å². The summed E-state index contributed by atoms with van der Waals surface area (Å²) in [7, 11) is 3.22. The number of nitrogens with zero attached hydrogens (tertiary/aromatic N) is 2. The Balaban J connectivity index is 1.75. The summed E-state index contributed by atoms with van der Waals surface area (Å²) in [6.07, 6.45) is 5.00. The van der Waals surface area contributed by atoms with Gasteiger partial charge in [-0.3, -0.25) is 9.59 Å². The minimum atomic E-state index is -1.04. The number of hydrogen-bond donors (Lipinski definition) is 1. The van der Waals surface area contributed by atoms with E-state index in [0.717, 1.165) is 36.6 Å². The van der Waals surface area contributed by atoms with Crippen molar-refractivity contribution in [1.29, 1.82) is 0 Å². The summed E-state index contributed by atoms with van der Waals surface area (Å²) in [5.74, 6) is 1.04. The van der Waals surface area contributed by atoms with Crippen LogP contribution in [0.15, 0.2) is 18.2 Å². The maximum Gasteiger partial charge on any atom is 0.271 e. The first-order chi connectivity index (χ1) is 16.3. The van der Waals surface area contributed by atoms with Crippen LogP contribution < -0.4 is 14.8 Å². The van der Waals surface area contributed by atoms with E-state index >= 15 is 0 Å². The summed E-state index contributed by atoms with van der Waals surface area (Å²) in [6.45, 7) is 7.17. The second kappa shape index (κ2) is 9.86. The Bertz CT molecular complexity index is 1060. The van der Waals surface area contributed by atoms with Crippen LogP contribution in [-0.4, -0.2) is 66.3 Å². The molecule has 1 atom stereocenters. The van der Waals surface area contributed by atoms with Gasteiger partial charge < -0.3 is 29.0 Å². The minimum absolute atomic E-state index is 0.105. The molecule has 1 aromatic heterocycles. The molecule has 186 valence electrons. The molecule has 8 heteroatoms. The van der Waals surface area contributed by atoms with Gasteiger partial charge in [-0.1, -0.05) is 12.8 Å². The van der Waals surface area contributed by atoms with Crippen molar-refractivity contribution in [1.82, 2.24) is 14.8 Å². The topological polar surface area (TPSA) is 82.0 Å². The molecule has 1 aliphatic carbocycles. The first-order valence-corrected chi connectivity index (χ1v) is 12.3. The van der Waals surface area contributed by atoms with E-state index < -0.39 is 5.54 Å². The molecule has 1 unspecified atom stereocenters. The van der Waals surface area contributed by atoms with Crippen LogP contribution in [0.2, 0.25) is 0 Å². The van der Waals surface area contributed by atoms with Gasteiger partial charge in [-0.2, -0.15) is 0 Å². The van der Waals surface area contributed by atoms with Crippen LogP contribution in [0, 0.1) is 0 Å². The zero-order valence-electron chi connectivity index (χ0n) is 21.0. The van der Waals surface area contributed by atoms with E-state index in [1.165, 1.54) is 0 Å². The summed E-state index contributed by atoms with van der Waals surface area (Å²) in [4.78, 5) is 29.3. The van der Waals surface area contributed by atoms with Gasteiger partial charge in [0.25, 0.3) is 5.91 Å². The van der Waals surface area contributed by atoms with Crippen molar-refractivity contribution in [3.63, 3.8) is 0 Å². The predicted octanol–water partition coefficient (Wildman–Crippen LogP) is 3.75. The molecule has 0 saturated heterocycles. The van der Waals surface area contributed by atoms with E-state index in [2.05, 4.69) is 5.32 Å². The second-order valence-corrected chi connectivity index (χ2v) is 9.81. The highest BCUT2D eigenvalue weighted by molar-refractivity contribution is 6.05. The Kier molecular flexibility index (Phi) is 7.07. The molecule has 34 heavy (non-hydrogen) atoms. The SMILES string of the molecule is COc1ccc(OC)c2c1cc1n2CC(C)(C(=O)NC2CCCC2)N(CCCOC(C)C)C1=O. The number of fused-ring (bicyclic) bond motifs is 3. The van der Waals surface area contributed by atoms with Crippen LogP contribution in [0.4, 0.5) is 0 Å². The van der Waals surface area contributed by atoms with E-state index in [1.807, 2.05) is 43.5 Å². The largest absolute Gasteiger partial charge is 0.496 e. The van der Waals surface area contributed by atoms with Crippen molar-refractivity contribution in [3.05, 3.63) is 23.9 Å². The number of ether oxygens (including phenoxy) is 3. The van der Waals surface area contributed by atoms with Crippen LogP contribution in [0.25, 0.3) is 10.9 Å². The lowest BCUT2D eigenvalue weighted by molar-refractivity contribution is -0.133. The standard InChI is InChI=1S/C26H37N3O5/c1-17(2)34-14-8-13-29-24(30)20-15-19-21(32-4)11-12-22(33-5)23(19)28(20)16-26(29,3)25(31)27-18-9-6-7-10-18/h11-12,15,17-18H,6-10,13-14,16H2,1-5H3,(H,27,31). The van der Waals surface area contributed by atoms with E-state index in [-0.39, 0.29) is 24.0 Å². The molecule has 1 saturated carbocycles. The summed E-state index contributed by atoms with van der Waals surface area (Å²) in [5.41, 5.74) is 0.270. The maximum absolute atomic E-state index is 13.9. The highest BCUT2D eigenvalue weighted by Gasteiger charge is 2.48. The van der Waals surface area contributed by atoms with Gasteiger partial charge in [-0.15, -0.1) is 0 Å². The first-order valence-electron chi connectivity index (χ1n) is 12.3. The summed E-state index contributed by atoms with van der Waals surface area (Å²) >= 11 is 0. The lowest BCUT2D eigenvalue weighted by Gasteiger charge is -2.44. The van der Waals surface area contributed by atoms with Gasteiger partial charge in [0, 0.05) is 24.6 Å². The van der Waals surface area contributed by atoms with Gasteiger partial charge in [-0.25, -0.2) is 0 Å². The van der Waals surface area contributed by atoms with E-state index in [1.54, 1.807) is 19.1 Å². The monoisotopic (exact) mass is 471 g/mol. The molecule has 2 aromatic rings. The van der Waals surface area contributed by atoms with Gasteiger partial charge in [0.1, 0.15) is 22.7 Å². The maximum atomic E-state index is 13.9. The van der Waals surface area contributed by atoms with Gasteiger partial charge in [0.2, 0.25) is 5.91 Å². The normalized spacial score (nSPS) is 20.8. The van der Waals surface area contributed by atoms with Crippen LogP contribution >= 0.6 is 0 Å². The first kappa shape index (κ1) is 24.4. The lowest BCUT2D eigenvalue weighted by Crippen LogP contribution is -2.65. The summed E-state index contributed by atoms with van der Waals surface area (Å²) in [6, 6.07) is 5.70. The number of aromatic nitrogens is 1. The zero-order chi connectivity index (χ0) is 24.5. The van der Waals surface area contributed by atoms with Gasteiger partial charge in [0.05, 0.1) is 32.4 Å². The van der Waals surface area contributed by atoms with Crippen molar-refractivity contribution in [2.24, 2.45) is 0 Å². The lowest BCUT2D eigenvalue weighted by atomic mass is 9.93. The Labute approximate surface area is 201 Å². The molecular weight excluding hydrogens is 434 g/mol. The van der Waals surface area contributed by atoms with E-state index in [9.17, 15) is 9.59 Å². The van der Waals surface area contributed by atoms with Gasteiger partial charge in [0.15, 0.2) is 0 Å². The summed E-state index contributed by atoms with van der Waals surface area (Å²) in [5, 5.41) is 4.04. The van der Waals surface area contributed by atoms with Gasteiger partial charge >= 0.3 is 0 Å². The minimum Gasteiger partial charge on any atom is -0.496 e. The number of rotatable bonds is 9. The Morgan fingerprint density at radius 2 is 1.85 bits per heavy atom. The molecule has 8 nitrogen and oxygen atoms in total. The van der Waals surface area contributed by atoms with Crippen molar-refractivity contribution in [2.45, 2.75) is 77.1 Å². The molecule has 1 aromatic carbocycles. The number of amides is 2. The molecule has 2 aliphatic rings. The molecule has 1 N–H and O–H groups in total. The average Bonchev–Trinajstić information content (AvgIpc) is 3.45. The molecule has 2 heterocycles. The van der Waals surface area contributed by atoms with Crippen molar-refractivity contribution >= 4 is 22.7 Å². The van der Waals surface area contributed by atoms with E-state index in [0.29, 0.717) is 43.3 Å². The number of nitrogens with one attached hydrogen (secondary N) is 1. The zero-order valence-corrected chi connectivity index (χ0v) is 21.0. The Morgan fingerprint density at radius 3 is 2.50 bits per heavy atom. The third-order valence-electron chi connectivity index (χ3n) is 7.10. The Hall–Kier alpha value is -2.74. The number of benzene rings is 1. The van der Waals surface area contributed by atoms with Crippen LogP contribution in [0.5, 0.6) is 11.5 Å². The van der Waals surface area contributed by atoms with Crippen molar-refractivity contribution in [2.75, 3.05) is 27.4 Å². The molecule has 1 aliphatic heterocycles. The Morgan fingerprint density at radius 1 is 1.18 bits per heavy atom. The highest BCUT2D eigenvalue weighted by atomic mass is 16.5. The summed E-state index contributed by atoms with van der Waals surface area (Å²) < 4.78 is 18.8. The highest BCUT2D eigenvalue weighted by Crippen LogP contribution is 2.40. The third-order valence-corrected chi connectivity index (χ3v) is 7.10. The molecular formula is C26H37N3O5. The van der Waals surface area contributed by atoms with Crippen LogP contribution in [0.1, 0.15) is 63.4 Å². The van der Waals surface area contributed by atoms with Crippen molar-refractivity contribution in [3.8, 4) is 11.5 Å². The second-order valence-electron chi connectivity index (χ2n) is 9.81. The van der Waals surface area contributed by atoms with E-state index in [4.69, 9.17) is 14.2 Å². The number of carbonyl (C=O) groups is 2. The smallest absolute Gasteiger partial charge is 0.271 e. The molecule has 2 amide bonds. The molecule has 0 spiro atoms. The fourth-order valence-corrected chi connectivity index (χ4v) is 5.26. The number of hydrogen-bond acceptors (Lipinski definition) is 5. The number of methoxy groups -OCH3 is 2. The average molecular weight is 472 g/mol. The molecule has 0 bridgehead atoms. The fraction of sp³-hybridized carbons (Fsp3) is 0.615. The van der Waals surface area contributed by atoms with Crippen LogP contribution in [-0.2, 0) is 16.1 Å². The van der Waals surface area contributed by atoms with Gasteiger partial charge in [-0.05, 0) is 58.2 Å². The third kappa shape index (κ3) is 4.35. The fourth-order valence-electron chi connectivity index (χ4n) is 5.26. The number of carbonyl (C=O) groups excluding carboxylic acids is 2. The quantitative estimate of drug-likeness (QED) is 0.564. The predicted molar refractivity (Wildman–Crippen MR) is 131 cm³/mol. The van der Waals surface area contributed by atoms with Crippen LogP contribution in [0.3, 0.4) is 0 Å². The molecule has 4 rings (SSSR count).